The number of methoxy groups -OCH3 is 4. The van der Waals surface area contributed by atoms with E-state index in [4.69, 9.17) is 40.0 Å². The molecule has 258 valence electrons. The van der Waals surface area contributed by atoms with Crippen LogP contribution in [0.4, 0.5) is 5.69 Å². The summed E-state index contributed by atoms with van der Waals surface area (Å²) < 4.78 is 33.6. The summed E-state index contributed by atoms with van der Waals surface area (Å²) in [6.07, 6.45) is -0.531. The van der Waals surface area contributed by atoms with Gasteiger partial charge in [-0.25, -0.2) is 0 Å². The molecule has 5 rings (SSSR count). The molecule has 0 saturated heterocycles. The molecule has 2 aliphatic rings. The summed E-state index contributed by atoms with van der Waals surface area (Å²) in [5.74, 6) is -3.26. The van der Waals surface area contributed by atoms with Crippen molar-refractivity contribution in [2.24, 2.45) is 5.92 Å². The molecule has 3 atom stereocenters. The van der Waals surface area contributed by atoms with Crippen molar-refractivity contribution in [3.63, 3.8) is 0 Å². The summed E-state index contributed by atoms with van der Waals surface area (Å²) in [5.41, 5.74) is -0.584. The van der Waals surface area contributed by atoms with Crippen LogP contribution in [0.2, 0.25) is 5.02 Å². The zero-order valence-corrected chi connectivity index (χ0v) is 28.6. The molecule has 0 bridgehead atoms. The van der Waals surface area contributed by atoms with Crippen molar-refractivity contribution in [3.05, 3.63) is 81.6 Å². The number of aliphatic hydroxyl groups excluding tert-OH is 1. The number of fused-ring (bicyclic) bond motifs is 1. The first-order valence-electron chi connectivity index (χ1n) is 15.3. The Morgan fingerprint density at radius 3 is 2.29 bits per heavy atom. The van der Waals surface area contributed by atoms with Crippen LogP contribution >= 0.6 is 11.6 Å². The van der Waals surface area contributed by atoms with Crippen LogP contribution in [0.5, 0.6) is 28.7 Å². The molecule has 1 aliphatic carbocycles. The fourth-order valence-electron chi connectivity index (χ4n) is 6.30. The minimum atomic E-state index is -2.04. The summed E-state index contributed by atoms with van der Waals surface area (Å²) in [4.78, 5) is 52.3. The minimum absolute atomic E-state index is 0.00101. The van der Waals surface area contributed by atoms with E-state index in [-0.39, 0.29) is 58.8 Å². The second-order valence-electron chi connectivity index (χ2n) is 11.7. The lowest BCUT2D eigenvalue weighted by Gasteiger charge is -2.38. The molecule has 1 amide bonds. The fourth-order valence-corrected chi connectivity index (χ4v) is 6.57. The molecule has 0 fully saturated rings. The van der Waals surface area contributed by atoms with Crippen LogP contribution in [0.3, 0.4) is 0 Å². The highest BCUT2D eigenvalue weighted by Gasteiger charge is 2.61. The lowest BCUT2D eigenvalue weighted by Crippen LogP contribution is -2.53. The van der Waals surface area contributed by atoms with Gasteiger partial charge < -0.3 is 38.8 Å². The third-order valence-corrected chi connectivity index (χ3v) is 9.09. The smallest absolute Gasteiger partial charge is 0.306 e. The van der Waals surface area contributed by atoms with Crippen molar-refractivity contribution in [1.82, 2.24) is 0 Å². The molecule has 0 radical (unpaired) electrons. The maximum absolute atomic E-state index is 14.3. The van der Waals surface area contributed by atoms with Crippen molar-refractivity contribution < 1.29 is 52.7 Å². The van der Waals surface area contributed by atoms with E-state index in [2.05, 4.69) is 5.32 Å². The minimum Gasteiger partial charge on any atom is -0.507 e. The number of Topliss-reactive ketones (excluding diaryl/α,β-unsaturated/α-hetero) is 2. The van der Waals surface area contributed by atoms with Crippen LogP contribution in [0.1, 0.15) is 54.1 Å². The molecular weight excluding hydrogens is 658 g/mol. The monoisotopic (exact) mass is 693 g/mol. The van der Waals surface area contributed by atoms with Crippen LogP contribution < -0.4 is 29.0 Å². The van der Waals surface area contributed by atoms with Gasteiger partial charge in [-0.2, -0.15) is 0 Å². The third kappa shape index (κ3) is 6.35. The number of nitrogens with one attached hydrogen (secondary N) is 1. The van der Waals surface area contributed by atoms with Gasteiger partial charge in [0.2, 0.25) is 17.3 Å². The average molecular weight is 694 g/mol. The maximum Gasteiger partial charge on any atom is 0.306 e. The van der Waals surface area contributed by atoms with Gasteiger partial charge in [0, 0.05) is 48.1 Å². The number of hydrogen-bond donors (Lipinski definition) is 2. The topological polar surface area (TPSA) is 156 Å². The van der Waals surface area contributed by atoms with Gasteiger partial charge in [-0.1, -0.05) is 24.6 Å². The highest BCUT2D eigenvalue weighted by Crippen LogP contribution is 2.56. The molecule has 1 heterocycles. The summed E-state index contributed by atoms with van der Waals surface area (Å²) >= 11 is 6.58. The SMILES string of the molecule is COC(=O)C[C@H](C1=C(O)[C@@]2(Oc3c(Cl)c(OC)cc(OC)c3C2=O)[C@H](C)CC1=O)c1ccc(OC)c(COc2ccc(NC(C)=O)cc2)c1. The Balaban J connectivity index is 1.59. The Morgan fingerprint density at radius 1 is 1.00 bits per heavy atom. The third-order valence-electron chi connectivity index (χ3n) is 8.73. The number of hydrogen-bond acceptors (Lipinski definition) is 11. The number of ether oxygens (including phenoxy) is 6. The zero-order valence-electron chi connectivity index (χ0n) is 27.8. The van der Waals surface area contributed by atoms with Gasteiger partial charge in [-0.3, -0.25) is 19.2 Å². The molecule has 13 heteroatoms. The molecule has 0 unspecified atom stereocenters. The van der Waals surface area contributed by atoms with E-state index in [0.717, 1.165) is 0 Å². The Bertz CT molecular complexity index is 1850. The van der Waals surface area contributed by atoms with Crippen molar-refractivity contribution in [3.8, 4) is 28.7 Å². The predicted octanol–water partition coefficient (Wildman–Crippen LogP) is 5.99. The first-order chi connectivity index (χ1) is 23.4. The van der Waals surface area contributed by atoms with E-state index in [1.165, 1.54) is 41.4 Å². The van der Waals surface area contributed by atoms with E-state index in [1.807, 2.05) is 0 Å². The van der Waals surface area contributed by atoms with Crippen LogP contribution in [0.25, 0.3) is 0 Å². The molecule has 1 spiro atoms. The number of carbonyl (C=O) groups is 4. The number of allylic oxidation sites excluding steroid dienone is 1. The van der Waals surface area contributed by atoms with Crippen LogP contribution in [-0.4, -0.2) is 62.6 Å². The number of benzene rings is 3. The van der Waals surface area contributed by atoms with Crippen molar-refractivity contribution >= 4 is 40.7 Å². The normalized spacial score (nSPS) is 18.8. The average Bonchev–Trinajstić information content (AvgIpc) is 3.40. The quantitative estimate of drug-likeness (QED) is 0.228. The Labute approximate surface area is 287 Å². The van der Waals surface area contributed by atoms with Crippen molar-refractivity contribution in [2.75, 3.05) is 33.8 Å². The number of amides is 1. The molecule has 3 aromatic carbocycles. The lowest BCUT2D eigenvalue weighted by atomic mass is 9.69. The first-order valence-corrected chi connectivity index (χ1v) is 15.7. The maximum atomic E-state index is 14.3. The van der Waals surface area contributed by atoms with Crippen LogP contribution in [-0.2, 0) is 25.7 Å². The number of anilines is 1. The number of ketones is 2. The summed E-state index contributed by atoms with van der Waals surface area (Å²) in [5, 5.41) is 14.8. The number of aliphatic hydroxyl groups is 1. The second kappa shape index (κ2) is 14.1. The Morgan fingerprint density at radius 2 is 1.67 bits per heavy atom. The Hall–Kier alpha value is -5.23. The second-order valence-corrected chi connectivity index (χ2v) is 12.0. The summed E-state index contributed by atoms with van der Waals surface area (Å²) in [6, 6.07) is 13.2. The van der Waals surface area contributed by atoms with Gasteiger partial charge in [0.15, 0.2) is 17.3 Å². The molecule has 1 aliphatic heterocycles. The highest BCUT2D eigenvalue weighted by atomic mass is 35.5. The molecule has 3 aromatic rings. The summed E-state index contributed by atoms with van der Waals surface area (Å²) in [6.45, 7) is 3.06. The predicted molar refractivity (Wildman–Crippen MR) is 178 cm³/mol. The van der Waals surface area contributed by atoms with Gasteiger partial charge in [0.05, 0.1) is 34.9 Å². The number of rotatable bonds is 11. The lowest BCUT2D eigenvalue weighted by molar-refractivity contribution is -0.141. The van der Waals surface area contributed by atoms with E-state index >= 15 is 0 Å². The highest BCUT2D eigenvalue weighted by molar-refractivity contribution is 6.35. The number of halogens is 1. The van der Waals surface area contributed by atoms with Crippen LogP contribution in [0.15, 0.2) is 59.9 Å². The summed E-state index contributed by atoms with van der Waals surface area (Å²) in [7, 11) is 5.47. The molecule has 0 aromatic heterocycles. The van der Waals surface area contributed by atoms with Gasteiger partial charge in [-0.15, -0.1) is 0 Å². The molecule has 2 N–H and O–H groups in total. The first kappa shape index (κ1) is 35.1. The Kier molecular flexibility index (Phi) is 10.1. The molecule has 49 heavy (non-hydrogen) atoms. The largest absolute Gasteiger partial charge is 0.507 e. The van der Waals surface area contributed by atoms with Crippen molar-refractivity contribution in [2.45, 2.75) is 44.8 Å². The zero-order chi connectivity index (χ0) is 35.6. The van der Waals surface area contributed by atoms with Crippen molar-refractivity contribution in [1.29, 1.82) is 0 Å². The van der Waals surface area contributed by atoms with Gasteiger partial charge >= 0.3 is 5.97 Å². The van der Waals surface area contributed by atoms with E-state index in [0.29, 0.717) is 28.3 Å². The molecule has 12 nitrogen and oxygen atoms in total. The molecular formula is C36H36ClNO11. The fraction of sp³-hybridized carbons (Fsp3) is 0.333. The van der Waals surface area contributed by atoms with Gasteiger partial charge in [0.1, 0.15) is 40.2 Å². The number of carbonyl (C=O) groups excluding carboxylic acids is 4. The standard InChI is InChI=1S/C36H36ClNO11/c1-18-13-25(40)30(34(42)36(18)35(43)31-27(45-4)16-28(46-5)32(37)33(31)49-36)24(15-29(41)47-6)20-7-12-26(44-3)21(14-20)17-48-23-10-8-22(9-11-23)38-19(2)39/h7-12,14,16,18,24,42H,13,15,17H2,1-6H3,(H,38,39)/t18-,24+,36+/m1/s1. The number of esters is 1. The van der Waals surface area contributed by atoms with E-state index in [1.54, 1.807) is 49.4 Å². The van der Waals surface area contributed by atoms with E-state index < -0.39 is 40.7 Å². The van der Waals surface area contributed by atoms with Crippen LogP contribution in [0, 0.1) is 5.92 Å². The van der Waals surface area contributed by atoms with Gasteiger partial charge in [-0.05, 0) is 42.0 Å². The molecule has 0 saturated carbocycles. The van der Waals surface area contributed by atoms with Gasteiger partial charge in [0.25, 0.3) is 0 Å². The van der Waals surface area contributed by atoms with E-state index in [9.17, 15) is 24.3 Å².